The van der Waals surface area contributed by atoms with Gasteiger partial charge in [0.2, 0.25) is 0 Å². The van der Waals surface area contributed by atoms with Crippen LogP contribution >= 0.6 is 0 Å². The van der Waals surface area contributed by atoms with E-state index in [1.165, 1.54) is 12.8 Å². The highest BCUT2D eigenvalue weighted by molar-refractivity contribution is 5.90. The number of rotatable bonds is 3. The number of fused-ring (bicyclic) bond motifs is 1. The average Bonchev–Trinajstić information content (AvgIpc) is 2.79. The maximum atomic E-state index is 12.9. The SMILES string of the molecule is CC1C([C@H](O)[C@@]2(C)[C@@H]3CC[C@H](C)C[C@H]3C=C[C@@H]2C)C(=O)[C@@H](CO)N1C. The number of likely N-dealkylation sites (tertiary alicyclic amines) is 1. The first-order valence-electron chi connectivity index (χ1n) is 9.96. The largest absolute Gasteiger partial charge is 0.394 e. The molecule has 0 amide bonds. The summed E-state index contributed by atoms with van der Waals surface area (Å²) in [6.45, 7) is 8.55. The second-order valence-electron chi connectivity index (χ2n) is 9.21. The highest BCUT2D eigenvalue weighted by Gasteiger charge is 2.57. The number of carbonyl (C=O) groups is 1. The lowest BCUT2D eigenvalue weighted by Crippen LogP contribution is -2.55. The van der Waals surface area contributed by atoms with Crippen LogP contribution < -0.4 is 0 Å². The molecule has 0 aromatic heterocycles. The van der Waals surface area contributed by atoms with Crippen molar-refractivity contribution in [3.8, 4) is 0 Å². The summed E-state index contributed by atoms with van der Waals surface area (Å²) < 4.78 is 0. The summed E-state index contributed by atoms with van der Waals surface area (Å²) in [5.74, 6) is 1.51. The zero-order chi connectivity index (χ0) is 18.5. The molecule has 0 spiro atoms. The number of likely N-dealkylation sites (N-methyl/N-ethyl adjacent to an activating group) is 1. The Morgan fingerprint density at radius 2 is 1.96 bits per heavy atom. The number of allylic oxidation sites excluding steroid dienone is 2. The summed E-state index contributed by atoms with van der Waals surface area (Å²) in [6, 6.07) is -0.523. The fraction of sp³-hybridized carbons (Fsp3) is 0.857. The Hall–Kier alpha value is -0.710. The minimum absolute atomic E-state index is 0.00806. The first-order chi connectivity index (χ1) is 11.7. The molecule has 3 rings (SSSR count). The molecular weight excluding hydrogens is 314 g/mol. The summed E-state index contributed by atoms with van der Waals surface area (Å²) in [5.41, 5.74) is -0.292. The summed E-state index contributed by atoms with van der Waals surface area (Å²) in [5, 5.41) is 21.1. The van der Waals surface area contributed by atoms with Crippen molar-refractivity contribution >= 4 is 5.78 Å². The van der Waals surface area contributed by atoms with Crippen LogP contribution in [0, 0.1) is 35.0 Å². The van der Waals surface area contributed by atoms with E-state index in [9.17, 15) is 15.0 Å². The number of ketones is 1. The lowest BCUT2D eigenvalue weighted by molar-refractivity contribution is -0.137. The molecule has 2 fully saturated rings. The van der Waals surface area contributed by atoms with Crippen LogP contribution in [0.4, 0.5) is 0 Å². The van der Waals surface area contributed by atoms with Gasteiger partial charge in [0.15, 0.2) is 5.78 Å². The van der Waals surface area contributed by atoms with Gasteiger partial charge in [0.25, 0.3) is 0 Å². The van der Waals surface area contributed by atoms with Crippen molar-refractivity contribution in [1.29, 1.82) is 0 Å². The van der Waals surface area contributed by atoms with Crippen molar-refractivity contribution in [3.05, 3.63) is 12.2 Å². The van der Waals surface area contributed by atoms with Gasteiger partial charge in [-0.1, -0.05) is 39.3 Å². The number of aliphatic hydroxyl groups excluding tert-OH is 2. The summed E-state index contributed by atoms with van der Waals surface area (Å²) in [7, 11) is 1.88. The second kappa shape index (κ2) is 6.79. The van der Waals surface area contributed by atoms with Crippen molar-refractivity contribution < 1.29 is 15.0 Å². The minimum Gasteiger partial charge on any atom is -0.394 e. The normalized spacial score (nSPS) is 49.2. The fourth-order valence-electron chi connectivity index (χ4n) is 5.98. The number of hydrogen-bond donors (Lipinski definition) is 2. The van der Waals surface area contributed by atoms with Crippen molar-refractivity contribution in [3.63, 3.8) is 0 Å². The first-order valence-corrected chi connectivity index (χ1v) is 9.96. The Morgan fingerprint density at radius 1 is 1.28 bits per heavy atom. The van der Waals surface area contributed by atoms with Gasteiger partial charge < -0.3 is 10.2 Å². The minimum atomic E-state index is -0.671. The number of carbonyl (C=O) groups excluding carboxylic acids is 1. The molecule has 9 atom stereocenters. The van der Waals surface area contributed by atoms with E-state index in [1.807, 2.05) is 18.9 Å². The molecule has 3 aliphatic rings. The Bertz CT molecular complexity index is 547. The molecule has 4 nitrogen and oxygen atoms in total. The zero-order valence-electron chi connectivity index (χ0n) is 16.4. The number of aliphatic hydroxyl groups is 2. The lowest BCUT2D eigenvalue weighted by Gasteiger charge is -2.54. The fourth-order valence-corrected chi connectivity index (χ4v) is 5.98. The highest BCUT2D eigenvalue weighted by atomic mass is 16.3. The molecule has 1 heterocycles. The third-order valence-corrected chi connectivity index (χ3v) is 8.05. The Balaban J connectivity index is 1.93. The van der Waals surface area contributed by atoms with Crippen LogP contribution in [0.25, 0.3) is 0 Å². The van der Waals surface area contributed by atoms with Gasteiger partial charge in [-0.2, -0.15) is 0 Å². The van der Waals surface area contributed by atoms with Gasteiger partial charge in [0.05, 0.1) is 24.7 Å². The Kier molecular flexibility index (Phi) is 5.18. The first kappa shape index (κ1) is 19.1. The van der Waals surface area contributed by atoms with E-state index in [-0.39, 0.29) is 29.8 Å². The summed E-state index contributed by atoms with van der Waals surface area (Å²) in [4.78, 5) is 14.9. The molecule has 2 unspecified atom stereocenters. The quantitative estimate of drug-likeness (QED) is 0.769. The van der Waals surface area contributed by atoms with Gasteiger partial charge in [0, 0.05) is 11.5 Å². The molecule has 4 heteroatoms. The molecule has 1 saturated carbocycles. The highest BCUT2D eigenvalue weighted by Crippen LogP contribution is 2.55. The molecule has 142 valence electrons. The predicted molar refractivity (Wildman–Crippen MR) is 99.0 cm³/mol. The van der Waals surface area contributed by atoms with Gasteiger partial charge in [-0.25, -0.2) is 0 Å². The molecule has 1 saturated heterocycles. The van der Waals surface area contributed by atoms with Crippen molar-refractivity contribution in [2.24, 2.45) is 35.0 Å². The van der Waals surface area contributed by atoms with Gasteiger partial charge in [-0.3, -0.25) is 9.69 Å². The van der Waals surface area contributed by atoms with Crippen LogP contribution in [0.5, 0.6) is 0 Å². The molecule has 1 aliphatic heterocycles. The molecule has 2 aliphatic carbocycles. The van der Waals surface area contributed by atoms with E-state index in [0.717, 1.165) is 12.3 Å². The van der Waals surface area contributed by atoms with Crippen molar-refractivity contribution in [1.82, 2.24) is 4.90 Å². The number of hydrogen-bond acceptors (Lipinski definition) is 4. The average molecular weight is 350 g/mol. The third-order valence-electron chi connectivity index (χ3n) is 8.05. The van der Waals surface area contributed by atoms with Crippen LogP contribution in [0.1, 0.15) is 47.0 Å². The van der Waals surface area contributed by atoms with E-state index in [1.54, 1.807) is 0 Å². The zero-order valence-corrected chi connectivity index (χ0v) is 16.4. The van der Waals surface area contributed by atoms with Crippen LogP contribution in [-0.4, -0.2) is 52.7 Å². The van der Waals surface area contributed by atoms with Crippen molar-refractivity contribution in [2.45, 2.75) is 65.1 Å². The molecule has 0 radical (unpaired) electrons. The smallest absolute Gasteiger partial charge is 0.159 e. The van der Waals surface area contributed by atoms with Gasteiger partial charge in [-0.15, -0.1) is 0 Å². The Labute approximate surface area is 152 Å². The third kappa shape index (κ3) is 2.81. The second-order valence-corrected chi connectivity index (χ2v) is 9.21. The topological polar surface area (TPSA) is 60.8 Å². The van der Waals surface area contributed by atoms with Crippen LogP contribution in [0.3, 0.4) is 0 Å². The van der Waals surface area contributed by atoms with Gasteiger partial charge >= 0.3 is 0 Å². The molecule has 2 N–H and O–H groups in total. The summed E-state index contributed by atoms with van der Waals surface area (Å²) >= 11 is 0. The van der Waals surface area contributed by atoms with Crippen LogP contribution in [-0.2, 0) is 4.79 Å². The van der Waals surface area contributed by atoms with E-state index in [4.69, 9.17) is 0 Å². The lowest BCUT2D eigenvalue weighted by atomic mass is 9.52. The summed E-state index contributed by atoms with van der Waals surface area (Å²) in [6.07, 6.45) is 7.47. The van der Waals surface area contributed by atoms with Gasteiger partial charge in [-0.05, 0) is 50.5 Å². The van der Waals surface area contributed by atoms with E-state index >= 15 is 0 Å². The molecule has 0 aromatic carbocycles. The standard InChI is InChI=1S/C21H35NO3/c1-12-6-9-16-15(10-12)8-7-13(2)21(16,4)20(25)18-14(3)22(5)17(11-23)19(18)24/h7-8,12-18,20,23,25H,6,9-11H2,1-5H3/t12-,13-,14?,15+,16+,17+,18?,20-,21+/m0/s1. The number of Topliss-reactive ketones (excluding diaryl/α,β-unsaturated/α-hetero) is 1. The monoisotopic (exact) mass is 349 g/mol. The van der Waals surface area contributed by atoms with E-state index < -0.39 is 18.1 Å². The molecule has 0 aromatic rings. The van der Waals surface area contributed by atoms with E-state index in [0.29, 0.717) is 11.8 Å². The maximum absolute atomic E-state index is 12.9. The van der Waals surface area contributed by atoms with Crippen LogP contribution in [0.2, 0.25) is 0 Å². The molecular formula is C21H35NO3. The predicted octanol–water partition coefficient (Wildman–Crippen LogP) is 2.49. The van der Waals surface area contributed by atoms with Crippen molar-refractivity contribution in [2.75, 3.05) is 13.7 Å². The van der Waals surface area contributed by atoms with Crippen LogP contribution in [0.15, 0.2) is 12.2 Å². The molecule has 0 bridgehead atoms. The maximum Gasteiger partial charge on any atom is 0.159 e. The Morgan fingerprint density at radius 3 is 2.56 bits per heavy atom. The van der Waals surface area contributed by atoms with Gasteiger partial charge in [0.1, 0.15) is 0 Å². The van der Waals surface area contributed by atoms with E-state index in [2.05, 4.69) is 32.9 Å². The number of nitrogens with zero attached hydrogens (tertiary/aromatic N) is 1. The molecule has 25 heavy (non-hydrogen) atoms.